The number of nitrogens with zero attached hydrogens (tertiary/aromatic N) is 3. The topological polar surface area (TPSA) is 56.7 Å². The van der Waals surface area contributed by atoms with Gasteiger partial charge in [0.15, 0.2) is 0 Å². The minimum Gasteiger partial charge on any atom is -0.497 e. The van der Waals surface area contributed by atoms with E-state index in [-0.39, 0.29) is 0 Å². The van der Waals surface area contributed by atoms with Crippen molar-refractivity contribution in [1.82, 2.24) is 9.97 Å². The number of hydrogen-bond acceptors (Lipinski definition) is 7. The quantitative estimate of drug-likeness (QED) is 0.224. The summed E-state index contributed by atoms with van der Waals surface area (Å²) in [5.41, 5.74) is 4.90. The van der Waals surface area contributed by atoms with E-state index in [1.807, 2.05) is 66.7 Å². The zero-order valence-electron chi connectivity index (χ0n) is 20.2. The van der Waals surface area contributed by atoms with Crippen molar-refractivity contribution in [2.45, 2.75) is 0 Å². The second-order valence-corrected chi connectivity index (χ2v) is 8.85. The van der Waals surface area contributed by atoms with Gasteiger partial charge < -0.3 is 19.1 Å². The van der Waals surface area contributed by atoms with Gasteiger partial charge in [-0.3, -0.25) is 4.98 Å². The lowest BCUT2D eigenvalue weighted by molar-refractivity contribution is 0.402. The van der Waals surface area contributed by atoms with Gasteiger partial charge >= 0.3 is 0 Å². The van der Waals surface area contributed by atoms with E-state index in [2.05, 4.69) is 39.1 Å². The molecule has 0 aliphatic rings. The Bertz CT molecular complexity index is 1370. The monoisotopic (exact) mass is 495 g/mol. The van der Waals surface area contributed by atoms with Crippen LogP contribution in [-0.4, -0.2) is 31.3 Å². The van der Waals surface area contributed by atoms with Crippen LogP contribution in [0.2, 0.25) is 0 Å². The van der Waals surface area contributed by atoms with Crippen LogP contribution in [0.25, 0.3) is 21.1 Å². The molecule has 7 heteroatoms. The molecule has 2 aromatic heterocycles. The number of rotatable bonds is 8. The highest BCUT2D eigenvalue weighted by Gasteiger charge is 2.17. The lowest BCUT2D eigenvalue weighted by atomic mass is 10.1. The molecular weight excluding hydrogens is 470 g/mol. The molecule has 5 aromatic rings. The minimum absolute atomic E-state index is 0.593. The Kier molecular flexibility index (Phi) is 6.82. The van der Waals surface area contributed by atoms with Crippen molar-refractivity contribution in [3.63, 3.8) is 0 Å². The molecule has 3 aromatic carbocycles. The molecule has 0 aliphatic heterocycles. The van der Waals surface area contributed by atoms with Crippen LogP contribution >= 0.6 is 11.3 Å². The third kappa shape index (κ3) is 4.74. The van der Waals surface area contributed by atoms with Crippen LogP contribution in [0.5, 0.6) is 17.4 Å². The molecule has 2 heterocycles. The molecule has 0 amide bonds. The van der Waals surface area contributed by atoms with Gasteiger partial charge in [0.05, 0.1) is 31.9 Å². The largest absolute Gasteiger partial charge is 0.497 e. The Morgan fingerprint density at radius 1 is 0.639 bits per heavy atom. The molecule has 6 nitrogen and oxygen atoms in total. The summed E-state index contributed by atoms with van der Waals surface area (Å²) >= 11 is 1.57. The van der Waals surface area contributed by atoms with Crippen molar-refractivity contribution >= 4 is 28.4 Å². The highest BCUT2D eigenvalue weighted by Crippen LogP contribution is 2.41. The first-order valence-corrected chi connectivity index (χ1v) is 12.2. The molecule has 0 atom stereocenters. The molecule has 0 radical (unpaired) electrons. The maximum atomic E-state index is 5.60. The first-order chi connectivity index (χ1) is 17.7. The number of methoxy groups -OCH3 is 3. The van der Waals surface area contributed by atoms with Gasteiger partial charge in [0.2, 0.25) is 5.88 Å². The summed E-state index contributed by atoms with van der Waals surface area (Å²) in [5, 5.41) is 0.824. The minimum atomic E-state index is 0.593. The van der Waals surface area contributed by atoms with Gasteiger partial charge in [-0.15, -0.1) is 11.3 Å². The molecule has 0 saturated carbocycles. The van der Waals surface area contributed by atoms with E-state index in [9.17, 15) is 0 Å². The molecule has 0 bridgehead atoms. The molecule has 0 unspecified atom stereocenters. The van der Waals surface area contributed by atoms with E-state index in [1.54, 1.807) is 38.9 Å². The van der Waals surface area contributed by atoms with E-state index in [4.69, 9.17) is 14.2 Å². The Balaban J connectivity index is 1.52. The van der Waals surface area contributed by atoms with Crippen molar-refractivity contribution in [2.75, 3.05) is 26.2 Å². The Hall–Kier alpha value is -4.36. The summed E-state index contributed by atoms with van der Waals surface area (Å²) in [4.78, 5) is 12.2. The molecule has 0 aliphatic carbocycles. The predicted octanol–water partition coefficient (Wildman–Crippen LogP) is 7.37. The maximum absolute atomic E-state index is 5.60. The van der Waals surface area contributed by atoms with Crippen LogP contribution in [0.1, 0.15) is 0 Å². The van der Waals surface area contributed by atoms with Crippen molar-refractivity contribution in [1.29, 1.82) is 0 Å². The summed E-state index contributed by atoms with van der Waals surface area (Å²) < 4.78 is 16.3. The number of hydrogen-bond donors (Lipinski definition) is 0. The summed E-state index contributed by atoms with van der Waals surface area (Å²) in [7, 11) is 4.98. The SMILES string of the molecule is COc1ccc(N(c2ccc(OC)cc2)c2ccc(-c3sc(-c4ccccn4)nc3OC)cc2)cc1. The number of pyridine rings is 1. The first kappa shape index (κ1) is 23.4. The van der Waals surface area contributed by atoms with E-state index < -0.39 is 0 Å². The summed E-state index contributed by atoms with van der Waals surface area (Å²) in [6, 6.07) is 30.2. The zero-order valence-corrected chi connectivity index (χ0v) is 21.0. The van der Waals surface area contributed by atoms with Crippen LogP contribution in [0.3, 0.4) is 0 Å². The van der Waals surface area contributed by atoms with Gasteiger partial charge in [-0.25, -0.2) is 0 Å². The van der Waals surface area contributed by atoms with Crippen LogP contribution in [0.15, 0.2) is 97.2 Å². The second kappa shape index (κ2) is 10.5. The fraction of sp³-hybridized carbons (Fsp3) is 0.103. The van der Waals surface area contributed by atoms with Crippen molar-refractivity contribution in [3.8, 4) is 38.5 Å². The molecule has 0 fully saturated rings. The van der Waals surface area contributed by atoms with Gasteiger partial charge in [0, 0.05) is 23.3 Å². The first-order valence-electron chi connectivity index (χ1n) is 11.3. The zero-order chi connectivity index (χ0) is 24.9. The normalized spacial score (nSPS) is 10.6. The average molecular weight is 496 g/mol. The Morgan fingerprint density at radius 2 is 1.19 bits per heavy atom. The number of ether oxygens (including phenoxy) is 3. The number of anilines is 3. The van der Waals surface area contributed by atoms with Gasteiger partial charge in [0.1, 0.15) is 16.5 Å². The molecule has 180 valence electrons. The van der Waals surface area contributed by atoms with Crippen molar-refractivity contribution < 1.29 is 14.2 Å². The fourth-order valence-corrected chi connectivity index (χ4v) is 4.91. The van der Waals surface area contributed by atoms with Gasteiger partial charge in [-0.05, 0) is 78.4 Å². The molecular formula is C29H25N3O3S. The van der Waals surface area contributed by atoms with Crippen molar-refractivity contribution in [2.24, 2.45) is 0 Å². The summed E-state index contributed by atoms with van der Waals surface area (Å²) in [6.45, 7) is 0. The standard InChI is InChI=1S/C29H25N3O3S/c1-33-24-15-11-22(12-16-24)32(23-13-17-25(34-2)18-14-23)21-9-7-20(8-10-21)27-28(35-3)31-29(36-27)26-6-4-5-19-30-26/h4-19H,1-3H3. The fourth-order valence-electron chi connectivity index (χ4n) is 3.90. The van der Waals surface area contributed by atoms with E-state index in [0.717, 1.165) is 49.7 Å². The van der Waals surface area contributed by atoms with Gasteiger partial charge in [-0.2, -0.15) is 4.98 Å². The highest BCUT2D eigenvalue weighted by molar-refractivity contribution is 7.18. The third-order valence-electron chi connectivity index (χ3n) is 5.72. The lowest BCUT2D eigenvalue weighted by Gasteiger charge is -2.26. The van der Waals surface area contributed by atoms with E-state index in [0.29, 0.717) is 5.88 Å². The summed E-state index contributed by atoms with van der Waals surface area (Å²) in [5.74, 6) is 2.21. The second-order valence-electron chi connectivity index (χ2n) is 7.85. The Morgan fingerprint density at radius 3 is 1.67 bits per heavy atom. The van der Waals surface area contributed by atoms with Crippen LogP contribution in [-0.2, 0) is 0 Å². The molecule has 36 heavy (non-hydrogen) atoms. The Labute approximate surface area is 214 Å². The van der Waals surface area contributed by atoms with Crippen LogP contribution in [0, 0.1) is 0 Å². The van der Waals surface area contributed by atoms with E-state index in [1.165, 1.54) is 0 Å². The number of thiazole rings is 1. The van der Waals surface area contributed by atoms with Crippen LogP contribution in [0.4, 0.5) is 17.1 Å². The van der Waals surface area contributed by atoms with Crippen LogP contribution < -0.4 is 19.1 Å². The highest BCUT2D eigenvalue weighted by atomic mass is 32.1. The lowest BCUT2D eigenvalue weighted by Crippen LogP contribution is -2.09. The van der Waals surface area contributed by atoms with E-state index >= 15 is 0 Å². The van der Waals surface area contributed by atoms with Gasteiger partial charge in [0.25, 0.3) is 0 Å². The number of aromatic nitrogens is 2. The predicted molar refractivity (Wildman–Crippen MR) is 145 cm³/mol. The van der Waals surface area contributed by atoms with Crippen molar-refractivity contribution in [3.05, 3.63) is 97.2 Å². The third-order valence-corrected chi connectivity index (χ3v) is 6.83. The smallest absolute Gasteiger partial charge is 0.232 e. The molecule has 0 saturated heterocycles. The molecule has 0 N–H and O–H groups in total. The molecule has 5 rings (SSSR count). The van der Waals surface area contributed by atoms with Gasteiger partial charge in [-0.1, -0.05) is 18.2 Å². The maximum Gasteiger partial charge on any atom is 0.232 e. The summed E-state index contributed by atoms with van der Waals surface area (Å²) in [6.07, 6.45) is 1.77. The number of benzene rings is 3. The average Bonchev–Trinajstić information content (AvgIpc) is 3.39. The molecule has 0 spiro atoms.